The number of rotatable bonds is 13. The van der Waals surface area contributed by atoms with Crippen molar-refractivity contribution in [3.8, 4) is 5.75 Å². The van der Waals surface area contributed by atoms with Gasteiger partial charge in [-0.3, -0.25) is 0 Å². The van der Waals surface area contributed by atoms with Crippen LogP contribution in [0.3, 0.4) is 0 Å². The molecule has 0 aromatic heterocycles. The second-order valence-corrected chi connectivity index (χ2v) is 9.55. The van der Waals surface area contributed by atoms with Crippen LogP contribution >= 0.6 is 0 Å². The quantitative estimate of drug-likeness (QED) is 0.408. The SMILES string of the molecule is CCOC(Cc1ccc(OCCN(CCC2CCCC2)C(=O)OC2CCCCC2)cc1)C(=O)O. The van der Waals surface area contributed by atoms with Crippen molar-refractivity contribution >= 4 is 12.1 Å². The summed E-state index contributed by atoms with van der Waals surface area (Å²) >= 11 is 0. The summed E-state index contributed by atoms with van der Waals surface area (Å²) in [6.07, 6.45) is 10.9. The average Bonchev–Trinajstić information content (AvgIpc) is 3.36. The molecule has 0 radical (unpaired) electrons. The van der Waals surface area contributed by atoms with Gasteiger partial charge >= 0.3 is 12.1 Å². The van der Waals surface area contributed by atoms with E-state index in [1.165, 1.54) is 32.1 Å². The van der Waals surface area contributed by atoms with E-state index in [0.717, 1.165) is 37.7 Å². The van der Waals surface area contributed by atoms with Crippen molar-refractivity contribution in [2.45, 2.75) is 89.8 Å². The third-order valence-electron chi connectivity index (χ3n) is 6.98. The van der Waals surface area contributed by atoms with Gasteiger partial charge in [-0.1, -0.05) is 44.2 Å². The van der Waals surface area contributed by atoms with Gasteiger partial charge in [0.05, 0.1) is 6.54 Å². The van der Waals surface area contributed by atoms with Crippen molar-refractivity contribution in [2.24, 2.45) is 5.92 Å². The van der Waals surface area contributed by atoms with Crippen molar-refractivity contribution in [2.75, 3.05) is 26.3 Å². The maximum Gasteiger partial charge on any atom is 0.410 e. The van der Waals surface area contributed by atoms with Crippen LogP contribution < -0.4 is 4.74 Å². The Balaban J connectivity index is 1.48. The fraction of sp³-hybridized carbons (Fsp3) is 0.704. The van der Waals surface area contributed by atoms with Crippen LogP contribution in [0.4, 0.5) is 4.79 Å². The van der Waals surface area contributed by atoms with Gasteiger partial charge in [0, 0.05) is 19.6 Å². The van der Waals surface area contributed by atoms with Crippen LogP contribution in [0.1, 0.15) is 76.7 Å². The van der Waals surface area contributed by atoms with E-state index in [0.29, 0.717) is 44.4 Å². The first-order chi connectivity index (χ1) is 16.5. The minimum Gasteiger partial charge on any atom is -0.492 e. The van der Waals surface area contributed by atoms with E-state index in [1.54, 1.807) is 6.92 Å². The monoisotopic (exact) mass is 475 g/mol. The third kappa shape index (κ3) is 8.82. The lowest BCUT2D eigenvalue weighted by atomic mass is 9.98. The van der Waals surface area contributed by atoms with Crippen molar-refractivity contribution in [3.05, 3.63) is 29.8 Å². The zero-order chi connectivity index (χ0) is 24.2. The Bertz CT molecular complexity index is 740. The van der Waals surface area contributed by atoms with Gasteiger partial charge in [0.25, 0.3) is 0 Å². The molecule has 2 saturated carbocycles. The molecule has 190 valence electrons. The molecule has 1 aromatic rings. The summed E-state index contributed by atoms with van der Waals surface area (Å²) in [5.41, 5.74) is 0.877. The first kappa shape index (κ1) is 26.3. The Morgan fingerprint density at radius 2 is 1.68 bits per heavy atom. The lowest BCUT2D eigenvalue weighted by Gasteiger charge is -2.28. The largest absolute Gasteiger partial charge is 0.492 e. The molecule has 2 aliphatic rings. The molecule has 2 fully saturated rings. The van der Waals surface area contributed by atoms with Crippen molar-refractivity contribution in [3.63, 3.8) is 0 Å². The number of carboxylic acid groups (broad SMARTS) is 1. The van der Waals surface area contributed by atoms with E-state index in [1.807, 2.05) is 29.2 Å². The molecule has 34 heavy (non-hydrogen) atoms. The number of ether oxygens (including phenoxy) is 3. The summed E-state index contributed by atoms with van der Waals surface area (Å²) < 4.78 is 17.0. The minimum atomic E-state index is -0.958. The summed E-state index contributed by atoms with van der Waals surface area (Å²) in [7, 11) is 0. The molecule has 0 aliphatic heterocycles. The van der Waals surface area contributed by atoms with Crippen LogP contribution in [0.15, 0.2) is 24.3 Å². The van der Waals surface area contributed by atoms with Crippen LogP contribution in [0.2, 0.25) is 0 Å². The molecule has 7 heteroatoms. The van der Waals surface area contributed by atoms with Crippen LogP contribution in [-0.4, -0.2) is 60.6 Å². The maximum atomic E-state index is 12.9. The van der Waals surface area contributed by atoms with E-state index in [-0.39, 0.29) is 12.2 Å². The van der Waals surface area contributed by atoms with Crippen molar-refractivity contribution in [1.82, 2.24) is 4.90 Å². The van der Waals surface area contributed by atoms with Crippen molar-refractivity contribution < 1.29 is 28.9 Å². The molecule has 3 rings (SSSR count). The van der Waals surface area contributed by atoms with E-state index >= 15 is 0 Å². The van der Waals surface area contributed by atoms with Gasteiger partial charge in [-0.2, -0.15) is 0 Å². The van der Waals surface area contributed by atoms with Crippen LogP contribution in [-0.2, 0) is 20.7 Å². The first-order valence-electron chi connectivity index (χ1n) is 13.1. The number of carbonyl (C=O) groups is 2. The summed E-state index contributed by atoms with van der Waals surface area (Å²) in [5, 5.41) is 9.26. The molecule has 7 nitrogen and oxygen atoms in total. The molecule has 1 aromatic carbocycles. The topological polar surface area (TPSA) is 85.3 Å². The Hall–Kier alpha value is -2.28. The molecular formula is C27H41NO6. The van der Waals surface area contributed by atoms with Crippen molar-refractivity contribution in [1.29, 1.82) is 0 Å². The smallest absolute Gasteiger partial charge is 0.410 e. The second-order valence-electron chi connectivity index (χ2n) is 9.55. The average molecular weight is 476 g/mol. The highest BCUT2D eigenvalue weighted by atomic mass is 16.6. The molecule has 0 saturated heterocycles. The lowest BCUT2D eigenvalue weighted by Crippen LogP contribution is -2.38. The van der Waals surface area contributed by atoms with Gasteiger partial charge in [-0.05, 0) is 62.6 Å². The fourth-order valence-corrected chi connectivity index (χ4v) is 4.96. The Kier molecular flexibility index (Phi) is 11.0. The molecule has 0 heterocycles. The number of hydrogen-bond acceptors (Lipinski definition) is 5. The van der Waals surface area contributed by atoms with Crippen LogP contribution in [0.25, 0.3) is 0 Å². The van der Waals surface area contributed by atoms with Gasteiger partial charge in [-0.25, -0.2) is 9.59 Å². The summed E-state index contributed by atoms with van der Waals surface area (Å²) in [6, 6.07) is 7.39. The van der Waals surface area contributed by atoms with Crippen LogP contribution in [0, 0.1) is 5.92 Å². The lowest BCUT2D eigenvalue weighted by molar-refractivity contribution is -0.149. The van der Waals surface area contributed by atoms with Gasteiger partial charge in [0.1, 0.15) is 18.5 Å². The molecule has 1 atom stereocenters. The maximum absolute atomic E-state index is 12.9. The molecule has 1 N–H and O–H groups in total. The second kappa shape index (κ2) is 14.2. The number of hydrogen-bond donors (Lipinski definition) is 1. The number of aliphatic carboxylic acids is 1. The predicted molar refractivity (Wildman–Crippen MR) is 130 cm³/mol. The highest BCUT2D eigenvalue weighted by molar-refractivity contribution is 5.72. The molecule has 2 aliphatic carbocycles. The Morgan fingerprint density at radius 1 is 1.00 bits per heavy atom. The zero-order valence-corrected chi connectivity index (χ0v) is 20.6. The number of benzene rings is 1. The standard InChI is InChI=1S/C27H41NO6/c1-2-32-25(26(29)30)20-22-12-14-23(15-13-22)33-19-18-28(17-16-21-8-6-7-9-21)27(31)34-24-10-4-3-5-11-24/h12-15,21,24-25H,2-11,16-20H2,1H3,(H,29,30). The Labute approximate surface area is 203 Å². The summed E-state index contributed by atoms with van der Waals surface area (Å²) in [6.45, 7) is 3.74. The first-order valence-corrected chi connectivity index (χ1v) is 13.1. The Morgan fingerprint density at radius 3 is 2.32 bits per heavy atom. The summed E-state index contributed by atoms with van der Waals surface area (Å²) in [4.78, 5) is 26.0. The molecule has 1 amide bonds. The normalized spacial score (nSPS) is 17.9. The molecule has 0 bridgehead atoms. The fourth-order valence-electron chi connectivity index (χ4n) is 4.96. The number of amides is 1. The highest BCUT2D eigenvalue weighted by Crippen LogP contribution is 2.28. The predicted octanol–water partition coefficient (Wildman–Crippen LogP) is 5.45. The van der Waals surface area contributed by atoms with E-state index in [9.17, 15) is 14.7 Å². The molecular weight excluding hydrogens is 434 g/mol. The third-order valence-corrected chi connectivity index (χ3v) is 6.98. The van der Waals surface area contributed by atoms with E-state index in [2.05, 4.69) is 0 Å². The minimum absolute atomic E-state index is 0.0509. The van der Waals surface area contributed by atoms with Crippen LogP contribution in [0.5, 0.6) is 5.75 Å². The van der Waals surface area contributed by atoms with Gasteiger partial charge in [-0.15, -0.1) is 0 Å². The number of carbonyl (C=O) groups excluding carboxylic acids is 1. The van der Waals surface area contributed by atoms with Gasteiger partial charge in [0.2, 0.25) is 0 Å². The highest BCUT2D eigenvalue weighted by Gasteiger charge is 2.24. The van der Waals surface area contributed by atoms with Gasteiger partial charge < -0.3 is 24.2 Å². The number of nitrogens with zero attached hydrogens (tertiary/aromatic N) is 1. The van der Waals surface area contributed by atoms with E-state index < -0.39 is 12.1 Å². The molecule has 1 unspecified atom stereocenters. The summed E-state index contributed by atoms with van der Waals surface area (Å²) in [5.74, 6) is 0.452. The van der Waals surface area contributed by atoms with E-state index in [4.69, 9.17) is 14.2 Å². The number of carboxylic acids is 1. The molecule has 0 spiro atoms. The zero-order valence-electron chi connectivity index (χ0n) is 20.6. The van der Waals surface area contributed by atoms with Gasteiger partial charge in [0.15, 0.2) is 6.10 Å².